The molecule has 4 aromatic rings. The Morgan fingerprint density at radius 1 is 0.892 bits per heavy atom. The molecule has 5 rings (SSSR count). The molecule has 4 aromatic carbocycles. The van der Waals surface area contributed by atoms with E-state index in [1.54, 1.807) is 0 Å². The summed E-state index contributed by atoms with van der Waals surface area (Å²) < 4.78 is 0. The van der Waals surface area contributed by atoms with Gasteiger partial charge in [0.1, 0.15) is 11.3 Å². The Morgan fingerprint density at radius 3 is 2.22 bits per heavy atom. The van der Waals surface area contributed by atoms with Crippen LogP contribution in [0.2, 0.25) is 0 Å². The molecule has 0 aromatic heterocycles. The number of nitro benzene ring substituents is 1. The van der Waals surface area contributed by atoms with E-state index in [0.717, 1.165) is 17.0 Å². The van der Waals surface area contributed by atoms with Gasteiger partial charge in [0.05, 0.1) is 16.0 Å². The highest BCUT2D eigenvalue weighted by Gasteiger charge is 2.35. The van der Waals surface area contributed by atoms with Gasteiger partial charge in [-0.1, -0.05) is 6.07 Å². The van der Waals surface area contributed by atoms with E-state index in [-0.39, 0.29) is 50.1 Å². The number of amides is 3. The van der Waals surface area contributed by atoms with Crippen molar-refractivity contribution < 1.29 is 34.3 Å². The third kappa shape index (κ3) is 3.80. The molecule has 11 heteroatoms. The normalized spacial score (nSPS) is 12.5. The Hall–Kier alpha value is -5.58. The standard InChI is InChI=1S/C26H15N3O8/c30-21-11-6-14(12-19(21)26(34)35)27-23(31)13-4-7-15(8-5-13)28-24(32)17-3-1-2-16-20(29(36)37)10-9-18(22(16)17)25(28)33/h1-12,30H,(H,27,31)(H,34,35). The van der Waals surface area contributed by atoms with Crippen LogP contribution in [0.5, 0.6) is 5.75 Å². The number of phenols is 1. The molecular weight excluding hydrogens is 482 g/mol. The lowest BCUT2D eigenvalue weighted by Crippen LogP contribution is -2.40. The summed E-state index contributed by atoms with van der Waals surface area (Å²) in [5.74, 6) is -3.72. The molecule has 1 aliphatic rings. The van der Waals surface area contributed by atoms with Gasteiger partial charge in [-0.2, -0.15) is 0 Å². The number of carboxylic acids is 1. The molecule has 3 amide bonds. The molecule has 0 bridgehead atoms. The molecule has 1 heterocycles. The number of imide groups is 1. The maximum Gasteiger partial charge on any atom is 0.339 e. The number of aromatic carboxylic acids is 1. The first-order chi connectivity index (χ1) is 17.7. The van der Waals surface area contributed by atoms with E-state index in [4.69, 9.17) is 5.11 Å². The van der Waals surface area contributed by atoms with Crippen molar-refractivity contribution in [1.82, 2.24) is 0 Å². The lowest BCUT2D eigenvalue weighted by Gasteiger charge is -2.27. The van der Waals surface area contributed by atoms with Crippen LogP contribution in [0.4, 0.5) is 17.1 Å². The Kier molecular flexibility index (Phi) is 5.37. The number of hydrogen-bond donors (Lipinski definition) is 3. The van der Waals surface area contributed by atoms with E-state index in [9.17, 15) is 34.4 Å². The summed E-state index contributed by atoms with van der Waals surface area (Å²) >= 11 is 0. The second-order valence-corrected chi connectivity index (χ2v) is 8.10. The van der Waals surface area contributed by atoms with E-state index in [1.807, 2.05) is 0 Å². The van der Waals surface area contributed by atoms with Crippen LogP contribution in [0.1, 0.15) is 41.4 Å². The summed E-state index contributed by atoms with van der Waals surface area (Å²) in [7, 11) is 0. The number of carboxylic acid groups (broad SMARTS) is 1. The monoisotopic (exact) mass is 497 g/mol. The number of aromatic hydroxyl groups is 1. The van der Waals surface area contributed by atoms with Crippen LogP contribution in [-0.4, -0.2) is 38.8 Å². The quantitative estimate of drug-likeness (QED) is 0.160. The molecule has 0 saturated carbocycles. The van der Waals surface area contributed by atoms with Crippen LogP contribution in [0.3, 0.4) is 0 Å². The molecule has 11 nitrogen and oxygen atoms in total. The van der Waals surface area contributed by atoms with E-state index in [1.165, 1.54) is 60.7 Å². The number of carbonyl (C=O) groups excluding carboxylic acids is 3. The minimum atomic E-state index is -1.36. The lowest BCUT2D eigenvalue weighted by atomic mass is 9.92. The van der Waals surface area contributed by atoms with Crippen LogP contribution in [0.25, 0.3) is 10.8 Å². The van der Waals surface area contributed by atoms with Gasteiger partial charge < -0.3 is 15.5 Å². The van der Waals surface area contributed by atoms with Crippen molar-refractivity contribution in [3.05, 3.63) is 105 Å². The molecule has 0 saturated heterocycles. The first-order valence-electron chi connectivity index (χ1n) is 10.7. The Labute approximate surface area is 207 Å². The maximum atomic E-state index is 13.3. The van der Waals surface area contributed by atoms with Gasteiger partial charge in [-0.05, 0) is 60.7 Å². The summed E-state index contributed by atoms with van der Waals surface area (Å²) in [6.45, 7) is 0. The van der Waals surface area contributed by atoms with Crippen LogP contribution >= 0.6 is 0 Å². The highest BCUT2D eigenvalue weighted by molar-refractivity contribution is 6.36. The van der Waals surface area contributed by atoms with Crippen molar-refractivity contribution in [2.75, 3.05) is 10.2 Å². The second-order valence-electron chi connectivity index (χ2n) is 8.10. The van der Waals surface area contributed by atoms with Crippen molar-refractivity contribution in [2.24, 2.45) is 0 Å². The van der Waals surface area contributed by atoms with Crippen LogP contribution < -0.4 is 10.2 Å². The van der Waals surface area contributed by atoms with Crippen molar-refractivity contribution in [2.45, 2.75) is 0 Å². The van der Waals surface area contributed by atoms with E-state index < -0.39 is 34.4 Å². The molecule has 3 N–H and O–H groups in total. The van der Waals surface area contributed by atoms with E-state index in [2.05, 4.69) is 5.32 Å². The number of carbonyl (C=O) groups is 4. The molecule has 1 aliphatic heterocycles. The molecule has 182 valence electrons. The Morgan fingerprint density at radius 2 is 1.57 bits per heavy atom. The number of nitrogens with one attached hydrogen (secondary N) is 1. The smallest absolute Gasteiger partial charge is 0.339 e. The van der Waals surface area contributed by atoms with E-state index >= 15 is 0 Å². The average Bonchev–Trinajstić information content (AvgIpc) is 2.88. The lowest BCUT2D eigenvalue weighted by molar-refractivity contribution is -0.383. The van der Waals surface area contributed by atoms with Gasteiger partial charge >= 0.3 is 5.97 Å². The molecule has 0 fully saturated rings. The molecule has 0 spiro atoms. The first-order valence-corrected chi connectivity index (χ1v) is 10.7. The Balaban J connectivity index is 1.44. The fourth-order valence-electron chi connectivity index (χ4n) is 4.22. The van der Waals surface area contributed by atoms with Gasteiger partial charge in [0.15, 0.2) is 0 Å². The number of rotatable bonds is 5. The van der Waals surface area contributed by atoms with Crippen molar-refractivity contribution in [3.8, 4) is 5.75 Å². The van der Waals surface area contributed by atoms with Gasteiger partial charge in [-0.3, -0.25) is 24.5 Å². The van der Waals surface area contributed by atoms with Crippen molar-refractivity contribution in [1.29, 1.82) is 0 Å². The van der Waals surface area contributed by atoms with Crippen LogP contribution in [0, 0.1) is 10.1 Å². The summed E-state index contributed by atoms with van der Waals surface area (Å²) in [5.41, 5.74) is 0.168. The zero-order valence-corrected chi connectivity index (χ0v) is 18.7. The molecule has 37 heavy (non-hydrogen) atoms. The predicted octanol–water partition coefficient (Wildman–Crippen LogP) is 4.20. The minimum Gasteiger partial charge on any atom is -0.507 e. The number of anilines is 2. The van der Waals surface area contributed by atoms with Gasteiger partial charge in [0.2, 0.25) is 0 Å². The Bertz CT molecular complexity index is 1660. The van der Waals surface area contributed by atoms with Crippen molar-refractivity contribution in [3.63, 3.8) is 0 Å². The molecular formula is C26H15N3O8. The predicted molar refractivity (Wildman–Crippen MR) is 131 cm³/mol. The van der Waals surface area contributed by atoms with Crippen molar-refractivity contribution >= 4 is 51.5 Å². The van der Waals surface area contributed by atoms with Gasteiger partial charge in [0, 0.05) is 33.8 Å². The fraction of sp³-hybridized carbons (Fsp3) is 0. The van der Waals surface area contributed by atoms with Gasteiger partial charge in [-0.15, -0.1) is 0 Å². The SMILES string of the molecule is O=C(Nc1ccc(O)c(C(=O)O)c1)c1ccc(N2C(=O)c3cccc4c([N+](=O)[O-])ccc(c34)C2=O)cc1. The summed E-state index contributed by atoms with van der Waals surface area (Å²) in [6, 6.07) is 16.2. The number of benzene rings is 4. The largest absolute Gasteiger partial charge is 0.507 e. The molecule has 0 aliphatic carbocycles. The number of non-ortho nitro benzene ring substituents is 1. The number of nitro groups is 1. The van der Waals surface area contributed by atoms with Gasteiger partial charge in [0.25, 0.3) is 23.4 Å². The summed E-state index contributed by atoms with van der Waals surface area (Å²) in [4.78, 5) is 62.1. The number of nitrogens with zero attached hydrogens (tertiary/aromatic N) is 2. The van der Waals surface area contributed by atoms with E-state index in [0.29, 0.717) is 0 Å². The zero-order chi connectivity index (χ0) is 26.4. The summed E-state index contributed by atoms with van der Waals surface area (Å²) in [6.07, 6.45) is 0. The highest BCUT2D eigenvalue weighted by Crippen LogP contribution is 2.37. The zero-order valence-electron chi connectivity index (χ0n) is 18.7. The minimum absolute atomic E-state index is 0.138. The fourth-order valence-corrected chi connectivity index (χ4v) is 4.22. The van der Waals surface area contributed by atoms with Crippen LogP contribution in [0.15, 0.2) is 72.8 Å². The maximum absolute atomic E-state index is 13.3. The topological polar surface area (TPSA) is 167 Å². The third-order valence-corrected chi connectivity index (χ3v) is 5.95. The highest BCUT2D eigenvalue weighted by atomic mass is 16.6. The first kappa shape index (κ1) is 23.2. The summed E-state index contributed by atoms with van der Waals surface area (Å²) in [5, 5.41) is 33.1. The second kappa shape index (κ2) is 8.57. The molecule has 0 atom stereocenters. The molecule has 0 unspecified atom stereocenters. The van der Waals surface area contributed by atoms with Gasteiger partial charge in [-0.25, -0.2) is 9.69 Å². The number of hydrogen-bond acceptors (Lipinski definition) is 7. The average molecular weight is 497 g/mol. The van der Waals surface area contributed by atoms with Crippen LogP contribution in [-0.2, 0) is 0 Å². The molecule has 0 radical (unpaired) electrons. The third-order valence-electron chi connectivity index (χ3n) is 5.95.